The van der Waals surface area contributed by atoms with E-state index in [2.05, 4.69) is 31.2 Å². The molecule has 14 heavy (non-hydrogen) atoms. The molecule has 0 aliphatic rings. The fourth-order valence-corrected chi connectivity index (χ4v) is 1.04. The quantitative estimate of drug-likeness (QED) is 0.476. The third kappa shape index (κ3) is 11.0. The topological polar surface area (TPSA) is 37.3 Å². The molecule has 0 radical (unpaired) electrons. The van der Waals surface area contributed by atoms with Gasteiger partial charge in [-0.05, 0) is 25.7 Å². The van der Waals surface area contributed by atoms with Gasteiger partial charge in [0.1, 0.15) is 0 Å². The number of carboxylic acid groups (broad SMARTS) is 1. The fourth-order valence-electron chi connectivity index (χ4n) is 1.04. The van der Waals surface area contributed by atoms with Gasteiger partial charge in [-0.3, -0.25) is 4.79 Å². The second-order valence-corrected chi connectivity index (χ2v) is 3.25. The summed E-state index contributed by atoms with van der Waals surface area (Å²) in [6.45, 7) is 2.16. The van der Waals surface area contributed by atoms with Crippen LogP contribution in [0.1, 0.15) is 45.4 Å². The number of unbranched alkanes of at least 4 members (excludes halogenated alkanes) is 2. The maximum Gasteiger partial charge on any atom is 0.303 e. The van der Waals surface area contributed by atoms with Gasteiger partial charge < -0.3 is 5.11 Å². The molecule has 0 saturated carbocycles. The lowest BCUT2D eigenvalue weighted by Gasteiger charge is -1.89. The van der Waals surface area contributed by atoms with Crippen molar-refractivity contribution < 1.29 is 9.90 Å². The number of carbonyl (C=O) groups is 1. The van der Waals surface area contributed by atoms with Gasteiger partial charge in [-0.15, -0.1) is 0 Å². The third-order valence-corrected chi connectivity index (χ3v) is 1.82. The van der Waals surface area contributed by atoms with Gasteiger partial charge in [-0.2, -0.15) is 0 Å². The molecule has 2 nitrogen and oxygen atoms in total. The van der Waals surface area contributed by atoms with E-state index in [1.807, 2.05) is 0 Å². The van der Waals surface area contributed by atoms with E-state index in [-0.39, 0.29) is 6.42 Å². The van der Waals surface area contributed by atoms with Crippen molar-refractivity contribution in [3.05, 3.63) is 24.3 Å². The van der Waals surface area contributed by atoms with Crippen molar-refractivity contribution >= 4 is 5.97 Å². The van der Waals surface area contributed by atoms with E-state index < -0.39 is 5.97 Å². The Bertz CT molecular complexity index is 192. The lowest BCUT2D eigenvalue weighted by Crippen LogP contribution is -1.92. The molecule has 2 heteroatoms. The van der Waals surface area contributed by atoms with Crippen LogP contribution in [0.5, 0.6) is 0 Å². The van der Waals surface area contributed by atoms with Crippen molar-refractivity contribution in [3.8, 4) is 0 Å². The minimum Gasteiger partial charge on any atom is -0.481 e. The first-order chi connectivity index (χ1) is 6.77. The van der Waals surface area contributed by atoms with E-state index in [0.29, 0.717) is 0 Å². The van der Waals surface area contributed by atoms with E-state index in [4.69, 9.17) is 5.11 Å². The largest absolute Gasteiger partial charge is 0.481 e. The highest BCUT2D eigenvalue weighted by molar-refractivity contribution is 5.66. The van der Waals surface area contributed by atoms with Gasteiger partial charge in [-0.25, -0.2) is 0 Å². The molecule has 0 bridgehead atoms. The summed E-state index contributed by atoms with van der Waals surface area (Å²) in [7, 11) is 0. The van der Waals surface area contributed by atoms with Crippen molar-refractivity contribution in [3.63, 3.8) is 0 Å². The Morgan fingerprint density at radius 1 is 1.14 bits per heavy atom. The molecule has 0 unspecified atom stereocenters. The standard InChI is InChI=1S/C12H20O2/c1-2-3-4-5-6-7-8-9-10-11-12(13)14/h4-5,7-8H,2-3,6,9-11H2,1H3,(H,13,14)/b5-4-,8-7-. The highest BCUT2D eigenvalue weighted by atomic mass is 16.4. The SMILES string of the molecule is CCC/C=C\C/C=C\CCCC(=O)O. The Morgan fingerprint density at radius 3 is 2.36 bits per heavy atom. The molecule has 0 rings (SSSR count). The maximum atomic E-state index is 10.2. The first-order valence-corrected chi connectivity index (χ1v) is 5.29. The van der Waals surface area contributed by atoms with Gasteiger partial charge in [0.05, 0.1) is 0 Å². The van der Waals surface area contributed by atoms with Crippen LogP contribution in [0.25, 0.3) is 0 Å². The predicted octanol–water partition coefficient (Wildman–Crippen LogP) is 3.54. The average molecular weight is 196 g/mol. The molecule has 0 aliphatic carbocycles. The zero-order chi connectivity index (χ0) is 10.6. The summed E-state index contributed by atoms with van der Waals surface area (Å²) in [4.78, 5) is 10.2. The van der Waals surface area contributed by atoms with Crippen molar-refractivity contribution in [1.29, 1.82) is 0 Å². The number of aliphatic carboxylic acids is 1. The number of hydrogen-bond acceptors (Lipinski definition) is 1. The molecule has 0 aromatic carbocycles. The van der Waals surface area contributed by atoms with E-state index in [9.17, 15) is 4.79 Å². The van der Waals surface area contributed by atoms with Gasteiger partial charge in [0.15, 0.2) is 0 Å². The van der Waals surface area contributed by atoms with Crippen LogP contribution in [0.2, 0.25) is 0 Å². The predicted molar refractivity (Wildman–Crippen MR) is 59.3 cm³/mol. The molecule has 0 aromatic heterocycles. The first-order valence-electron chi connectivity index (χ1n) is 5.29. The Hall–Kier alpha value is -1.05. The Kier molecular flexibility index (Phi) is 9.28. The smallest absolute Gasteiger partial charge is 0.303 e. The van der Waals surface area contributed by atoms with Crippen LogP contribution in [-0.2, 0) is 4.79 Å². The summed E-state index contributed by atoms with van der Waals surface area (Å²) in [6.07, 6.45) is 13.7. The van der Waals surface area contributed by atoms with Crippen LogP contribution in [0.3, 0.4) is 0 Å². The van der Waals surface area contributed by atoms with Crippen LogP contribution in [0, 0.1) is 0 Å². The highest BCUT2D eigenvalue weighted by Gasteiger charge is 1.92. The van der Waals surface area contributed by atoms with E-state index in [1.165, 1.54) is 6.42 Å². The molecule has 0 aromatic rings. The number of hydrogen-bond donors (Lipinski definition) is 1. The summed E-state index contributed by atoms with van der Waals surface area (Å²) < 4.78 is 0. The van der Waals surface area contributed by atoms with Crippen LogP contribution in [0.15, 0.2) is 24.3 Å². The maximum absolute atomic E-state index is 10.2. The summed E-state index contributed by atoms with van der Waals surface area (Å²) in [5.41, 5.74) is 0. The molecule has 1 N–H and O–H groups in total. The molecule has 0 heterocycles. The highest BCUT2D eigenvalue weighted by Crippen LogP contribution is 1.98. The Morgan fingerprint density at radius 2 is 1.79 bits per heavy atom. The van der Waals surface area contributed by atoms with Crippen LogP contribution < -0.4 is 0 Å². The normalized spacial score (nSPS) is 11.5. The third-order valence-electron chi connectivity index (χ3n) is 1.82. The van der Waals surface area contributed by atoms with Crippen LogP contribution in [0.4, 0.5) is 0 Å². The average Bonchev–Trinajstić information content (AvgIpc) is 2.15. The number of rotatable bonds is 8. The summed E-state index contributed by atoms with van der Waals surface area (Å²) in [5, 5.41) is 8.38. The molecule has 0 fully saturated rings. The van der Waals surface area contributed by atoms with Crippen molar-refractivity contribution in [2.24, 2.45) is 0 Å². The van der Waals surface area contributed by atoms with Crippen LogP contribution in [-0.4, -0.2) is 11.1 Å². The zero-order valence-corrected chi connectivity index (χ0v) is 8.91. The zero-order valence-electron chi connectivity index (χ0n) is 8.91. The minimum absolute atomic E-state index is 0.274. The van der Waals surface area contributed by atoms with Crippen molar-refractivity contribution in [2.75, 3.05) is 0 Å². The van der Waals surface area contributed by atoms with E-state index >= 15 is 0 Å². The molecule has 0 spiro atoms. The van der Waals surface area contributed by atoms with Gasteiger partial charge in [-0.1, -0.05) is 37.6 Å². The van der Waals surface area contributed by atoms with Gasteiger partial charge in [0.25, 0.3) is 0 Å². The Balaban J connectivity index is 3.23. The molecular formula is C12H20O2. The lowest BCUT2D eigenvalue weighted by molar-refractivity contribution is -0.137. The van der Waals surface area contributed by atoms with E-state index in [0.717, 1.165) is 25.7 Å². The lowest BCUT2D eigenvalue weighted by atomic mass is 10.2. The molecule has 0 amide bonds. The van der Waals surface area contributed by atoms with Crippen LogP contribution >= 0.6 is 0 Å². The van der Waals surface area contributed by atoms with Gasteiger partial charge >= 0.3 is 5.97 Å². The van der Waals surface area contributed by atoms with Gasteiger partial charge in [0.2, 0.25) is 0 Å². The molecule has 80 valence electrons. The number of allylic oxidation sites excluding steroid dienone is 4. The van der Waals surface area contributed by atoms with Gasteiger partial charge in [0, 0.05) is 6.42 Å². The summed E-state index contributed by atoms with van der Waals surface area (Å²) >= 11 is 0. The molecule has 0 saturated heterocycles. The molecule has 0 atom stereocenters. The summed E-state index contributed by atoms with van der Waals surface area (Å²) in [5.74, 6) is -0.707. The molecule has 0 aliphatic heterocycles. The minimum atomic E-state index is -0.707. The molecular weight excluding hydrogens is 176 g/mol. The van der Waals surface area contributed by atoms with Crippen molar-refractivity contribution in [1.82, 2.24) is 0 Å². The second kappa shape index (κ2) is 10.0. The second-order valence-electron chi connectivity index (χ2n) is 3.25. The first kappa shape index (κ1) is 12.9. The summed E-state index contributed by atoms with van der Waals surface area (Å²) in [6, 6.07) is 0. The fraction of sp³-hybridized carbons (Fsp3) is 0.583. The van der Waals surface area contributed by atoms with Crippen molar-refractivity contribution in [2.45, 2.75) is 45.4 Å². The Labute approximate surface area is 86.3 Å². The monoisotopic (exact) mass is 196 g/mol. The van der Waals surface area contributed by atoms with E-state index in [1.54, 1.807) is 0 Å². The number of carboxylic acids is 1.